The first-order chi connectivity index (χ1) is 8.69. The average molecular weight is 249 g/mol. The Hall–Kier alpha value is -1.53. The van der Waals surface area contributed by atoms with E-state index in [0.717, 1.165) is 18.5 Å². The van der Waals surface area contributed by atoms with Crippen LogP contribution >= 0.6 is 0 Å². The van der Waals surface area contributed by atoms with Gasteiger partial charge in [0.25, 0.3) is 0 Å². The first-order valence-electron chi connectivity index (χ1n) is 6.24. The quantitative estimate of drug-likeness (QED) is 0.781. The van der Waals surface area contributed by atoms with Crippen molar-refractivity contribution in [1.82, 2.24) is 5.32 Å². The summed E-state index contributed by atoms with van der Waals surface area (Å²) in [4.78, 5) is 0. The third-order valence-electron chi connectivity index (χ3n) is 2.63. The minimum absolute atomic E-state index is 0.143. The summed E-state index contributed by atoms with van der Waals surface area (Å²) in [5.74, 6) is 5.36. The molecule has 0 radical (unpaired) electrons. The van der Waals surface area contributed by atoms with Crippen molar-refractivity contribution in [3.8, 4) is 17.6 Å². The molecule has 1 unspecified atom stereocenters. The van der Waals surface area contributed by atoms with Gasteiger partial charge >= 0.3 is 0 Å². The third-order valence-corrected chi connectivity index (χ3v) is 2.63. The molecule has 0 saturated carbocycles. The van der Waals surface area contributed by atoms with Crippen molar-refractivity contribution in [2.45, 2.75) is 33.2 Å². The number of ether oxygens (including phenoxy) is 1. The number of hydrogen-bond acceptors (Lipinski definition) is 2. The molecule has 1 atom stereocenters. The Morgan fingerprint density at radius 3 is 2.83 bits per heavy atom. The van der Waals surface area contributed by atoms with E-state index in [1.165, 1.54) is 6.07 Å². The maximum Gasteiger partial charge on any atom is 0.165 e. The predicted octanol–water partition coefficient (Wildman–Crippen LogP) is 3.29. The zero-order valence-corrected chi connectivity index (χ0v) is 11.2. The summed E-state index contributed by atoms with van der Waals surface area (Å²) in [5, 5.41) is 3.32. The molecule has 0 aliphatic rings. The molecule has 1 aromatic carbocycles. The van der Waals surface area contributed by atoms with E-state index >= 15 is 0 Å². The van der Waals surface area contributed by atoms with E-state index in [-0.39, 0.29) is 24.2 Å². The number of nitrogens with one attached hydrogen (secondary N) is 1. The Kier molecular flexibility index (Phi) is 6.24. The molecule has 0 spiro atoms. The van der Waals surface area contributed by atoms with Crippen molar-refractivity contribution in [1.29, 1.82) is 0 Å². The summed E-state index contributed by atoms with van der Waals surface area (Å²) >= 11 is 0. The molecule has 0 aliphatic carbocycles. The molecule has 1 rings (SSSR count). The lowest BCUT2D eigenvalue weighted by molar-refractivity contribution is 0.347. The normalized spacial score (nSPS) is 11.6. The molecule has 0 saturated heterocycles. The molecule has 2 nitrogen and oxygen atoms in total. The molecule has 1 aromatic rings. The summed E-state index contributed by atoms with van der Waals surface area (Å²) in [5.41, 5.74) is 0.926. The van der Waals surface area contributed by atoms with E-state index in [4.69, 9.17) is 4.74 Å². The molecule has 0 fully saturated rings. The van der Waals surface area contributed by atoms with E-state index in [1.807, 2.05) is 13.0 Å². The Bertz CT molecular complexity index is 434. The molecule has 1 N–H and O–H groups in total. The highest BCUT2D eigenvalue weighted by atomic mass is 19.1. The van der Waals surface area contributed by atoms with Crippen LogP contribution < -0.4 is 10.1 Å². The minimum atomic E-state index is -0.337. The molecule has 0 bridgehead atoms. The second kappa shape index (κ2) is 7.73. The predicted molar refractivity (Wildman–Crippen MR) is 72.1 cm³/mol. The molecule has 0 heterocycles. The maximum atomic E-state index is 13.8. The number of halogens is 1. The third kappa shape index (κ3) is 4.38. The van der Waals surface area contributed by atoms with Crippen LogP contribution in [-0.4, -0.2) is 13.2 Å². The Balaban J connectivity index is 2.68. The molecule has 98 valence electrons. The van der Waals surface area contributed by atoms with Crippen molar-refractivity contribution in [3.05, 3.63) is 29.6 Å². The second-order valence-electron chi connectivity index (χ2n) is 4.08. The van der Waals surface area contributed by atoms with Crippen LogP contribution in [-0.2, 0) is 0 Å². The Morgan fingerprint density at radius 2 is 2.22 bits per heavy atom. The zero-order valence-electron chi connectivity index (χ0n) is 11.2. The van der Waals surface area contributed by atoms with Gasteiger partial charge in [-0.25, -0.2) is 4.39 Å². The van der Waals surface area contributed by atoms with Gasteiger partial charge in [-0.2, -0.15) is 0 Å². The maximum absolute atomic E-state index is 13.8. The largest absolute Gasteiger partial charge is 0.478 e. The Morgan fingerprint density at radius 1 is 1.44 bits per heavy atom. The summed E-state index contributed by atoms with van der Waals surface area (Å²) < 4.78 is 19.0. The Labute approximate surface area is 109 Å². The molecule has 0 amide bonds. The minimum Gasteiger partial charge on any atom is -0.478 e. The lowest BCUT2D eigenvalue weighted by Gasteiger charge is -2.14. The fourth-order valence-electron chi connectivity index (χ4n) is 1.57. The van der Waals surface area contributed by atoms with Gasteiger partial charge in [-0.1, -0.05) is 18.9 Å². The van der Waals surface area contributed by atoms with E-state index in [0.29, 0.717) is 0 Å². The van der Waals surface area contributed by atoms with Gasteiger partial charge in [-0.05, 0) is 44.5 Å². The van der Waals surface area contributed by atoms with Gasteiger partial charge < -0.3 is 10.1 Å². The number of rotatable bonds is 6. The van der Waals surface area contributed by atoms with Crippen molar-refractivity contribution in [3.63, 3.8) is 0 Å². The van der Waals surface area contributed by atoms with Crippen molar-refractivity contribution < 1.29 is 9.13 Å². The van der Waals surface area contributed by atoms with Crippen LogP contribution in [0.2, 0.25) is 0 Å². The van der Waals surface area contributed by atoms with Crippen LogP contribution in [0, 0.1) is 17.7 Å². The summed E-state index contributed by atoms with van der Waals surface area (Å²) in [6, 6.07) is 5.20. The first-order valence-corrected chi connectivity index (χ1v) is 6.24. The zero-order chi connectivity index (χ0) is 13.4. The van der Waals surface area contributed by atoms with Crippen LogP contribution in [0.3, 0.4) is 0 Å². The average Bonchev–Trinajstić information content (AvgIpc) is 2.38. The summed E-state index contributed by atoms with van der Waals surface area (Å²) in [6.45, 7) is 6.99. The lowest BCUT2D eigenvalue weighted by Crippen LogP contribution is -2.19. The first kappa shape index (κ1) is 14.5. The van der Waals surface area contributed by atoms with Crippen LogP contribution in [0.4, 0.5) is 4.39 Å². The van der Waals surface area contributed by atoms with Gasteiger partial charge in [0.05, 0.1) is 0 Å². The highest BCUT2D eigenvalue weighted by Crippen LogP contribution is 2.21. The SMILES string of the molecule is CC#CCOc1ccc(C(C)NCCC)cc1F. The van der Waals surface area contributed by atoms with Gasteiger partial charge in [-0.15, -0.1) is 5.92 Å². The van der Waals surface area contributed by atoms with Crippen LogP contribution in [0.5, 0.6) is 5.75 Å². The van der Waals surface area contributed by atoms with E-state index in [2.05, 4.69) is 24.1 Å². The molecular weight excluding hydrogens is 229 g/mol. The van der Waals surface area contributed by atoms with Gasteiger partial charge in [0.1, 0.15) is 6.61 Å². The van der Waals surface area contributed by atoms with Gasteiger partial charge in [0, 0.05) is 6.04 Å². The molecule has 3 heteroatoms. The van der Waals surface area contributed by atoms with Gasteiger partial charge in [-0.3, -0.25) is 0 Å². The lowest BCUT2D eigenvalue weighted by atomic mass is 10.1. The van der Waals surface area contributed by atoms with Crippen LogP contribution in [0.25, 0.3) is 0 Å². The second-order valence-corrected chi connectivity index (χ2v) is 4.08. The van der Waals surface area contributed by atoms with Gasteiger partial charge in [0.2, 0.25) is 0 Å². The molecule has 0 aromatic heterocycles. The van der Waals surface area contributed by atoms with Crippen molar-refractivity contribution >= 4 is 0 Å². The highest BCUT2D eigenvalue weighted by molar-refractivity contribution is 5.31. The molecular formula is C15H20FNO. The van der Waals surface area contributed by atoms with Crippen molar-refractivity contribution in [2.75, 3.05) is 13.2 Å². The number of benzene rings is 1. The van der Waals surface area contributed by atoms with Crippen LogP contribution in [0.15, 0.2) is 18.2 Å². The van der Waals surface area contributed by atoms with Crippen molar-refractivity contribution in [2.24, 2.45) is 0 Å². The van der Waals surface area contributed by atoms with Crippen LogP contribution in [0.1, 0.15) is 38.8 Å². The fourth-order valence-corrected chi connectivity index (χ4v) is 1.57. The monoisotopic (exact) mass is 249 g/mol. The van der Waals surface area contributed by atoms with E-state index in [9.17, 15) is 4.39 Å². The van der Waals surface area contributed by atoms with E-state index in [1.54, 1.807) is 13.0 Å². The highest BCUT2D eigenvalue weighted by Gasteiger charge is 2.09. The standard InChI is InChI=1S/C15H20FNO/c1-4-6-10-18-15-8-7-13(11-14(15)16)12(3)17-9-5-2/h7-8,11-12,17H,5,9-10H2,1-3H3. The van der Waals surface area contributed by atoms with Gasteiger partial charge in [0.15, 0.2) is 11.6 Å². The topological polar surface area (TPSA) is 21.3 Å². The molecule has 18 heavy (non-hydrogen) atoms. The van der Waals surface area contributed by atoms with E-state index < -0.39 is 0 Å². The number of hydrogen-bond donors (Lipinski definition) is 1. The summed E-state index contributed by atoms with van der Waals surface area (Å²) in [7, 11) is 0. The summed E-state index contributed by atoms with van der Waals surface area (Å²) in [6.07, 6.45) is 1.06. The fraction of sp³-hybridized carbons (Fsp3) is 0.467. The molecule has 0 aliphatic heterocycles. The smallest absolute Gasteiger partial charge is 0.165 e.